The van der Waals surface area contributed by atoms with E-state index in [9.17, 15) is 10.1 Å². The summed E-state index contributed by atoms with van der Waals surface area (Å²) in [6.07, 6.45) is 7.94. The third-order valence-corrected chi connectivity index (χ3v) is 7.38. The van der Waals surface area contributed by atoms with Gasteiger partial charge in [-0.3, -0.25) is 4.98 Å². The molecule has 7 nitrogen and oxygen atoms in total. The van der Waals surface area contributed by atoms with E-state index < -0.39 is 0 Å². The Balaban J connectivity index is 1.42. The number of methoxy groups -OCH3 is 1. The highest BCUT2D eigenvalue weighted by molar-refractivity contribution is 5.97. The molecule has 1 unspecified atom stereocenters. The second-order valence-corrected chi connectivity index (χ2v) is 9.60. The lowest BCUT2D eigenvalue weighted by Gasteiger charge is -2.41. The minimum absolute atomic E-state index is 0.101. The summed E-state index contributed by atoms with van der Waals surface area (Å²) in [7, 11) is 1.44. The smallest absolute Gasteiger partial charge is 0.409 e. The molecule has 0 bridgehead atoms. The number of anilines is 1. The number of hydrogen-bond acceptors (Lipinski definition) is 6. The van der Waals surface area contributed by atoms with Gasteiger partial charge in [-0.2, -0.15) is 5.26 Å². The molecule has 2 aromatic heterocycles. The van der Waals surface area contributed by atoms with Crippen LogP contribution in [0, 0.1) is 17.2 Å². The van der Waals surface area contributed by atoms with E-state index in [1.807, 2.05) is 35.5 Å². The fourth-order valence-corrected chi connectivity index (χ4v) is 5.31. The van der Waals surface area contributed by atoms with Gasteiger partial charge in [0.1, 0.15) is 11.9 Å². The van der Waals surface area contributed by atoms with Crippen molar-refractivity contribution in [2.24, 2.45) is 5.92 Å². The van der Waals surface area contributed by atoms with Gasteiger partial charge >= 0.3 is 6.09 Å². The first-order valence-electron chi connectivity index (χ1n) is 12.1. The van der Waals surface area contributed by atoms with Crippen LogP contribution in [0.25, 0.3) is 21.9 Å². The quantitative estimate of drug-likeness (QED) is 0.569. The fraction of sp³-hybridized carbons (Fsp3) is 0.407. The first-order chi connectivity index (χ1) is 16.7. The molecule has 0 N–H and O–H groups in total. The average Bonchev–Trinajstić information content (AvgIpc) is 3.80. The molecule has 2 saturated carbocycles. The van der Waals surface area contributed by atoms with Crippen LogP contribution in [0.4, 0.5) is 10.6 Å². The van der Waals surface area contributed by atoms with Crippen LogP contribution >= 0.6 is 0 Å². The minimum atomic E-state index is -0.260. The van der Waals surface area contributed by atoms with E-state index in [2.05, 4.69) is 28.1 Å². The highest BCUT2D eigenvalue weighted by Crippen LogP contribution is 2.46. The molecule has 3 fully saturated rings. The first-order valence-corrected chi connectivity index (χ1v) is 12.1. The number of amides is 1. The van der Waals surface area contributed by atoms with E-state index in [0.29, 0.717) is 37.0 Å². The fourth-order valence-electron chi connectivity index (χ4n) is 5.31. The lowest BCUT2D eigenvalue weighted by molar-refractivity contribution is 0.0933. The number of benzene rings is 1. The first kappa shape index (κ1) is 20.9. The lowest BCUT2D eigenvalue weighted by Crippen LogP contribution is -2.56. The summed E-state index contributed by atoms with van der Waals surface area (Å²) < 4.78 is 5.04. The van der Waals surface area contributed by atoms with Gasteiger partial charge in [0.05, 0.1) is 24.4 Å². The zero-order valence-corrected chi connectivity index (χ0v) is 19.3. The molecule has 7 heteroatoms. The van der Waals surface area contributed by atoms with Gasteiger partial charge in [-0.1, -0.05) is 18.2 Å². The zero-order valence-electron chi connectivity index (χ0n) is 19.3. The Hall–Kier alpha value is -3.66. The number of carbonyl (C=O) groups excluding carboxylic acids is 1. The summed E-state index contributed by atoms with van der Waals surface area (Å²) >= 11 is 0. The number of carbonyl (C=O) groups is 1. The van der Waals surface area contributed by atoms with E-state index in [1.165, 1.54) is 7.11 Å². The maximum atomic E-state index is 12.3. The molecule has 1 aromatic carbocycles. The summed E-state index contributed by atoms with van der Waals surface area (Å²) in [5.74, 6) is 1.68. The van der Waals surface area contributed by atoms with Gasteiger partial charge in [0, 0.05) is 48.9 Å². The molecular weight excluding hydrogens is 426 g/mol. The number of piperazine rings is 1. The Morgan fingerprint density at radius 1 is 1.15 bits per heavy atom. The second kappa shape index (κ2) is 8.28. The predicted octanol–water partition coefficient (Wildman–Crippen LogP) is 4.71. The summed E-state index contributed by atoms with van der Waals surface area (Å²) in [5.41, 5.74) is 3.82. The molecule has 1 amide bonds. The maximum Gasteiger partial charge on any atom is 0.409 e. The van der Waals surface area contributed by atoms with Crippen LogP contribution < -0.4 is 4.90 Å². The Morgan fingerprint density at radius 3 is 2.74 bits per heavy atom. The van der Waals surface area contributed by atoms with Gasteiger partial charge in [0.15, 0.2) is 0 Å². The van der Waals surface area contributed by atoms with E-state index >= 15 is 0 Å². The predicted molar refractivity (Wildman–Crippen MR) is 130 cm³/mol. The van der Waals surface area contributed by atoms with Crippen molar-refractivity contribution in [3.63, 3.8) is 0 Å². The molecule has 6 rings (SSSR count). The number of nitrogens with zero attached hydrogens (tertiary/aromatic N) is 5. The number of aromatic nitrogens is 2. The molecule has 0 spiro atoms. The highest BCUT2D eigenvalue weighted by Gasteiger charge is 2.42. The molecule has 2 aliphatic carbocycles. The topological polar surface area (TPSA) is 82.3 Å². The largest absolute Gasteiger partial charge is 0.453 e. The average molecular weight is 454 g/mol. The molecule has 3 aliphatic rings. The molecule has 1 atom stereocenters. The number of fused-ring (bicyclic) bond motifs is 1. The molecule has 172 valence electrons. The van der Waals surface area contributed by atoms with E-state index in [-0.39, 0.29) is 12.1 Å². The standard InChI is InChI=1S/C27H27N5O2/c1-34-27(33)32-12-11-31(16-24(32)17-5-6-17)26-20(14-28)13-23(25(30-26)18-7-8-18)22-4-2-3-19-15-29-10-9-21(19)22/h2-4,9-10,13,15,17-18,24H,5-8,11-12,16H2,1H3. The van der Waals surface area contributed by atoms with Crippen LogP contribution in [0.5, 0.6) is 0 Å². The van der Waals surface area contributed by atoms with Crippen molar-refractivity contribution >= 4 is 22.7 Å². The molecular formula is C27H27N5O2. The van der Waals surface area contributed by atoms with Crippen molar-refractivity contribution in [2.45, 2.75) is 37.6 Å². The summed E-state index contributed by atoms with van der Waals surface area (Å²) in [6.45, 7) is 1.91. The lowest BCUT2D eigenvalue weighted by atomic mass is 9.95. The summed E-state index contributed by atoms with van der Waals surface area (Å²) in [6, 6.07) is 12.8. The number of ether oxygens (including phenoxy) is 1. The third kappa shape index (κ3) is 3.63. The van der Waals surface area contributed by atoms with Crippen LogP contribution in [-0.2, 0) is 4.74 Å². The van der Waals surface area contributed by atoms with E-state index in [1.54, 1.807) is 0 Å². The van der Waals surface area contributed by atoms with Gasteiger partial charge in [-0.25, -0.2) is 9.78 Å². The molecule has 34 heavy (non-hydrogen) atoms. The Kier molecular flexibility index (Phi) is 5.09. The highest BCUT2D eigenvalue weighted by atomic mass is 16.5. The number of hydrogen-bond donors (Lipinski definition) is 0. The molecule has 3 aromatic rings. The molecule has 1 saturated heterocycles. The second-order valence-electron chi connectivity index (χ2n) is 9.60. The van der Waals surface area contributed by atoms with Crippen LogP contribution in [0.3, 0.4) is 0 Å². The number of pyridine rings is 2. The molecule has 3 heterocycles. The van der Waals surface area contributed by atoms with Crippen molar-refractivity contribution in [1.82, 2.24) is 14.9 Å². The van der Waals surface area contributed by atoms with Crippen molar-refractivity contribution in [2.75, 3.05) is 31.6 Å². The minimum Gasteiger partial charge on any atom is -0.453 e. The van der Waals surface area contributed by atoms with Gasteiger partial charge in [0.2, 0.25) is 0 Å². The van der Waals surface area contributed by atoms with Crippen LogP contribution in [0.15, 0.2) is 42.7 Å². The van der Waals surface area contributed by atoms with Crippen LogP contribution in [-0.4, -0.2) is 53.7 Å². The SMILES string of the molecule is COC(=O)N1CCN(c2nc(C3CC3)c(-c3cccc4cnccc34)cc2C#N)CC1C1CC1. The zero-order chi connectivity index (χ0) is 23.2. The van der Waals surface area contributed by atoms with Crippen molar-refractivity contribution < 1.29 is 9.53 Å². The Bertz CT molecular complexity index is 1300. The molecule has 1 aliphatic heterocycles. The number of rotatable bonds is 4. The van der Waals surface area contributed by atoms with Crippen molar-refractivity contribution in [3.05, 3.63) is 54.0 Å². The Labute approximate surface area is 199 Å². The van der Waals surface area contributed by atoms with Gasteiger partial charge < -0.3 is 14.5 Å². The van der Waals surface area contributed by atoms with Crippen LogP contribution in [0.2, 0.25) is 0 Å². The van der Waals surface area contributed by atoms with E-state index in [4.69, 9.17) is 9.72 Å². The van der Waals surface area contributed by atoms with Crippen molar-refractivity contribution in [3.8, 4) is 17.2 Å². The van der Waals surface area contributed by atoms with Crippen LogP contribution in [0.1, 0.15) is 42.9 Å². The van der Waals surface area contributed by atoms with Gasteiger partial charge in [-0.15, -0.1) is 0 Å². The summed E-state index contributed by atoms with van der Waals surface area (Å²) in [4.78, 5) is 25.9. The monoisotopic (exact) mass is 453 g/mol. The number of nitriles is 1. The van der Waals surface area contributed by atoms with Gasteiger partial charge in [0.25, 0.3) is 0 Å². The van der Waals surface area contributed by atoms with Gasteiger partial charge in [-0.05, 0) is 54.7 Å². The summed E-state index contributed by atoms with van der Waals surface area (Å²) in [5, 5.41) is 12.3. The third-order valence-electron chi connectivity index (χ3n) is 7.38. The normalized spacial score (nSPS) is 20.3. The Morgan fingerprint density at radius 2 is 2.00 bits per heavy atom. The van der Waals surface area contributed by atoms with Crippen molar-refractivity contribution in [1.29, 1.82) is 5.26 Å². The maximum absolute atomic E-state index is 12.3. The molecule has 0 radical (unpaired) electrons. The van der Waals surface area contributed by atoms with E-state index in [0.717, 1.165) is 59.1 Å².